The number of pyridine rings is 2. The number of phenolic OH excluding ortho intramolecular Hbond substituents is 2. The molecule has 0 saturated heterocycles. The SMILES string of the molecule is Cc1cc(C)c(-c2ccc(O)c(-c3cccc(-c4cccc(-c5cc(-c6c(C)cc(C)cc6-c6ccccc6)ccc5O)n4)n3)c2)c(-c2ccccc2)c1. The lowest BCUT2D eigenvalue weighted by atomic mass is 9.88. The lowest BCUT2D eigenvalue weighted by Gasteiger charge is -2.17. The van der Waals surface area contributed by atoms with Crippen LogP contribution in [0.2, 0.25) is 0 Å². The minimum atomic E-state index is 0.152. The second kappa shape index (κ2) is 14.3. The molecule has 262 valence electrons. The second-order valence-corrected chi connectivity index (χ2v) is 14.0. The van der Waals surface area contributed by atoms with E-state index in [0.717, 1.165) is 55.6 Å². The van der Waals surface area contributed by atoms with Crippen molar-refractivity contribution in [2.24, 2.45) is 0 Å². The van der Waals surface area contributed by atoms with Gasteiger partial charge in [-0.05, 0) is 132 Å². The second-order valence-electron chi connectivity index (χ2n) is 14.0. The van der Waals surface area contributed by atoms with Gasteiger partial charge in [0.1, 0.15) is 11.5 Å². The number of nitrogens with zero attached hydrogens (tertiary/aromatic N) is 2. The fourth-order valence-corrected chi connectivity index (χ4v) is 7.64. The van der Waals surface area contributed by atoms with E-state index in [1.165, 1.54) is 11.1 Å². The monoisotopic (exact) mass is 700 g/mol. The first kappa shape index (κ1) is 34.3. The number of aromatic hydroxyl groups is 2. The third kappa shape index (κ3) is 6.66. The van der Waals surface area contributed by atoms with E-state index in [4.69, 9.17) is 9.97 Å². The zero-order valence-corrected chi connectivity index (χ0v) is 30.8. The maximum absolute atomic E-state index is 11.2. The van der Waals surface area contributed by atoms with E-state index in [1.807, 2.05) is 72.8 Å². The fraction of sp³-hybridized carbons (Fsp3) is 0.0800. The number of rotatable bonds is 7. The largest absolute Gasteiger partial charge is 0.507 e. The fourth-order valence-electron chi connectivity index (χ4n) is 7.64. The zero-order valence-electron chi connectivity index (χ0n) is 30.8. The number of hydrogen-bond acceptors (Lipinski definition) is 4. The Morgan fingerprint density at radius 1 is 0.333 bits per heavy atom. The van der Waals surface area contributed by atoms with Crippen LogP contribution in [-0.4, -0.2) is 20.2 Å². The molecule has 2 aromatic heterocycles. The molecule has 6 aromatic carbocycles. The Hall–Kier alpha value is -6.78. The van der Waals surface area contributed by atoms with Crippen molar-refractivity contribution < 1.29 is 10.2 Å². The summed E-state index contributed by atoms with van der Waals surface area (Å²) in [6.45, 7) is 8.51. The lowest BCUT2D eigenvalue weighted by molar-refractivity contribution is 0.476. The van der Waals surface area contributed by atoms with Crippen molar-refractivity contribution >= 4 is 0 Å². The van der Waals surface area contributed by atoms with Gasteiger partial charge in [-0.2, -0.15) is 0 Å². The molecule has 54 heavy (non-hydrogen) atoms. The Kier molecular flexibility index (Phi) is 9.10. The summed E-state index contributed by atoms with van der Waals surface area (Å²) in [5.74, 6) is 0.304. The summed E-state index contributed by atoms with van der Waals surface area (Å²) in [4.78, 5) is 10.1. The van der Waals surface area contributed by atoms with E-state index in [9.17, 15) is 10.2 Å². The maximum Gasteiger partial charge on any atom is 0.125 e. The van der Waals surface area contributed by atoms with Crippen molar-refractivity contribution in [1.82, 2.24) is 9.97 Å². The predicted octanol–water partition coefficient (Wildman–Crippen LogP) is 12.8. The summed E-state index contributed by atoms with van der Waals surface area (Å²) in [5.41, 5.74) is 17.4. The normalized spacial score (nSPS) is 11.1. The van der Waals surface area contributed by atoms with E-state index in [-0.39, 0.29) is 11.5 Å². The standard InChI is InChI=1S/C50H40N2O2/c1-31-25-33(3)49(39(27-31)35-13-7-5-8-14-35)37-21-23-47(53)41(29-37)43-17-11-19-45(51-43)46-20-12-18-44(52-46)42-30-38(22-24-48(42)54)50-34(4)26-32(2)28-40(50)36-15-9-6-10-16-36/h5-30,53-54H,1-4H3. The molecule has 0 fully saturated rings. The Morgan fingerprint density at radius 3 is 1.13 bits per heavy atom. The van der Waals surface area contributed by atoms with Gasteiger partial charge in [0, 0.05) is 11.1 Å². The van der Waals surface area contributed by atoms with Crippen LogP contribution in [0.5, 0.6) is 11.5 Å². The molecule has 0 bridgehead atoms. The first-order valence-electron chi connectivity index (χ1n) is 18.2. The van der Waals surface area contributed by atoms with Crippen LogP contribution in [0.3, 0.4) is 0 Å². The number of aromatic nitrogens is 2. The summed E-state index contributed by atoms with van der Waals surface area (Å²) in [6, 6.07) is 52.7. The van der Waals surface area contributed by atoms with Gasteiger partial charge < -0.3 is 10.2 Å². The molecule has 0 aliphatic heterocycles. The quantitative estimate of drug-likeness (QED) is 0.174. The molecular formula is C50H40N2O2. The Bertz CT molecular complexity index is 2480. The van der Waals surface area contributed by atoms with E-state index in [2.05, 4.69) is 100 Å². The van der Waals surface area contributed by atoms with E-state index in [1.54, 1.807) is 12.1 Å². The van der Waals surface area contributed by atoms with Crippen LogP contribution in [-0.2, 0) is 0 Å². The molecule has 0 aliphatic carbocycles. The molecule has 0 amide bonds. The summed E-state index contributed by atoms with van der Waals surface area (Å²) >= 11 is 0. The average Bonchev–Trinajstić information content (AvgIpc) is 3.19. The molecule has 0 unspecified atom stereocenters. The molecular weight excluding hydrogens is 661 g/mol. The van der Waals surface area contributed by atoms with E-state index < -0.39 is 0 Å². The zero-order chi connectivity index (χ0) is 37.3. The van der Waals surface area contributed by atoms with Gasteiger partial charge in [0.15, 0.2) is 0 Å². The molecule has 2 N–H and O–H groups in total. The van der Waals surface area contributed by atoms with Crippen molar-refractivity contribution in [3.8, 4) is 89.9 Å². The number of hydrogen-bond donors (Lipinski definition) is 2. The number of aryl methyl sites for hydroxylation is 4. The summed E-state index contributed by atoms with van der Waals surface area (Å²) < 4.78 is 0. The minimum absolute atomic E-state index is 0.152. The summed E-state index contributed by atoms with van der Waals surface area (Å²) in [7, 11) is 0. The van der Waals surface area contributed by atoms with Gasteiger partial charge in [-0.25, -0.2) is 9.97 Å². The topological polar surface area (TPSA) is 66.2 Å². The number of benzene rings is 6. The van der Waals surface area contributed by atoms with Crippen molar-refractivity contribution in [1.29, 1.82) is 0 Å². The van der Waals surface area contributed by atoms with Crippen LogP contribution in [0.25, 0.3) is 78.4 Å². The van der Waals surface area contributed by atoms with Crippen molar-refractivity contribution in [3.63, 3.8) is 0 Å². The molecule has 4 heteroatoms. The van der Waals surface area contributed by atoms with Crippen LogP contribution < -0.4 is 0 Å². The molecule has 0 aliphatic rings. The van der Waals surface area contributed by atoms with E-state index in [0.29, 0.717) is 33.9 Å². The minimum Gasteiger partial charge on any atom is -0.507 e. The molecule has 0 atom stereocenters. The van der Waals surface area contributed by atoms with Gasteiger partial charge in [-0.3, -0.25) is 0 Å². The van der Waals surface area contributed by atoms with Crippen LogP contribution in [0.15, 0.2) is 158 Å². The van der Waals surface area contributed by atoms with Gasteiger partial charge in [-0.15, -0.1) is 0 Å². The molecule has 4 nitrogen and oxygen atoms in total. The highest BCUT2D eigenvalue weighted by atomic mass is 16.3. The smallest absolute Gasteiger partial charge is 0.125 e. The molecule has 0 radical (unpaired) electrons. The Morgan fingerprint density at radius 2 is 0.722 bits per heavy atom. The third-order valence-electron chi connectivity index (χ3n) is 10.0. The molecule has 8 rings (SSSR count). The van der Waals surface area contributed by atoms with Crippen LogP contribution >= 0.6 is 0 Å². The van der Waals surface area contributed by atoms with Crippen LogP contribution in [0.1, 0.15) is 22.3 Å². The van der Waals surface area contributed by atoms with Crippen molar-refractivity contribution in [2.75, 3.05) is 0 Å². The first-order chi connectivity index (χ1) is 26.2. The highest BCUT2D eigenvalue weighted by Gasteiger charge is 2.18. The molecule has 2 heterocycles. The van der Waals surface area contributed by atoms with Gasteiger partial charge in [0.2, 0.25) is 0 Å². The van der Waals surface area contributed by atoms with Crippen molar-refractivity contribution in [3.05, 3.63) is 180 Å². The predicted molar refractivity (Wildman–Crippen MR) is 222 cm³/mol. The summed E-state index contributed by atoms with van der Waals surface area (Å²) in [6.07, 6.45) is 0. The molecule has 0 saturated carbocycles. The first-order valence-corrected chi connectivity index (χ1v) is 18.2. The summed E-state index contributed by atoms with van der Waals surface area (Å²) in [5, 5.41) is 22.4. The Labute approximate surface area is 316 Å². The van der Waals surface area contributed by atoms with Gasteiger partial charge in [-0.1, -0.05) is 120 Å². The lowest BCUT2D eigenvalue weighted by Crippen LogP contribution is -1.95. The van der Waals surface area contributed by atoms with Crippen LogP contribution in [0, 0.1) is 27.7 Å². The van der Waals surface area contributed by atoms with Gasteiger partial charge in [0.25, 0.3) is 0 Å². The van der Waals surface area contributed by atoms with Gasteiger partial charge >= 0.3 is 0 Å². The Balaban J connectivity index is 1.18. The third-order valence-corrected chi connectivity index (χ3v) is 10.0. The number of phenols is 2. The van der Waals surface area contributed by atoms with Crippen molar-refractivity contribution in [2.45, 2.75) is 27.7 Å². The average molecular weight is 701 g/mol. The van der Waals surface area contributed by atoms with Crippen LogP contribution in [0.4, 0.5) is 0 Å². The molecule has 8 aromatic rings. The highest BCUT2D eigenvalue weighted by Crippen LogP contribution is 2.42. The molecule has 0 spiro atoms. The highest BCUT2D eigenvalue weighted by molar-refractivity contribution is 5.90. The van der Waals surface area contributed by atoms with E-state index >= 15 is 0 Å². The maximum atomic E-state index is 11.2. The van der Waals surface area contributed by atoms with Gasteiger partial charge in [0.05, 0.1) is 22.8 Å².